The molecule has 0 aliphatic carbocycles. The number of nitrogens with one attached hydrogen (secondary N) is 1. The van der Waals surface area contributed by atoms with Gasteiger partial charge in [0.05, 0.1) is 24.9 Å². The molecule has 0 spiro atoms. The van der Waals surface area contributed by atoms with E-state index in [4.69, 9.17) is 9.47 Å². The minimum atomic E-state index is 0.361. The molecule has 2 saturated heterocycles. The van der Waals surface area contributed by atoms with Crippen molar-refractivity contribution in [2.24, 2.45) is 0 Å². The predicted octanol–water partition coefficient (Wildman–Crippen LogP) is 1.32. The molecule has 2 atom stereocenters. The topological polar surface area (TPSA) is 30.5 Å². The molecule has 2 unspecified atom stereocenters. The van der Waals surface area contributed by atoms with Gasteiger partial charge in [-0.25, -0.2) is 0 Å². The van der Waals surface area contributed by atoms with Crippen LogP contribution in [0, 0.1) is 0 Å². The molecule has 0 aromatic rings. The molecule has 0 saturated carbocycles. The fraction of sp³-hybridized carbons (Fsp3) is 1.00. The van der Waals surface area contributed by atoms with Crippen LogP contribution in [0.25, 0.3) is 0 Å². The van der Waals surface area contributed by atoms with Crippen LogP contribution in [0.4, 0.5) is 0 Å². The van der Waals surface area contributed by atoms with Crippen LogP contribution in [0.5, 0.6) is 0 Å². The van der Waals surface area contributed by atoms with Crippen LogP contribution in [0.15, 0.2) is 0 Å². The van der Waals surface area contributed by atoms with Gasteiger partial charge in [-0.2, -0.15) is 0 Å². The lowest BCUT2D eigenvalue weighted by atomic mass is 10.1. The fourth-order valence-electron chi connectivity index (χ4n) is 2.21. The van der Waals surface area contributed by atoms with Crippen molar-refractivity contribution in [2.45, 2.75) is 50.9 Å². The molecule has 0 aromatic heterocycles. The zero-order valence-electron chi connectivity index (χ0n) is 9.00. The summed E-state index contributed by atoms with van der Waals surface area (Å²) in [6.07, 6.45) is 5.95. The largest absolute Gasteiger partial charge is 0.375 e. The van der Waals surface area contributed by atoms with E-state index in [9.17, 15) is 0 Å². The summed E-state index contributed by atoms with van der Waals surface area (Å²) in [7, 11) is 0. The Labute approximate surface area is 86.2 Å². The zero-order chi connectivity index (χ0) is 9.80. The summed E-state index contributed by atoms with van der Waals surface area (Å²) in [5.74, 6) is 0. The SMILES string of the molecule is CC1CCC(COC2CCNCC2)O1. The highest BCUT2D eigenvalue weighted by Gasteiger charge is 2.23. The highest BCUT2D eigenvalue weighted by molar-refractivity contribution is 4.73. The second kappa shape index (κ2) is 5.10. The molecular formula is C11H21NO2. The normalized spacial score (nSPS) is 34.9. The Hall–Kier alpha value is -0.120. The van der Waals surface area contributed by atoms with Crippen LogP contribution in [-0.2, 0) is 9.47 Å². The van der Waals surface area contributed by atoms with E-state index in [1.165, 1.54) is 12.8 Å². The third-order valence-electron chi connectivity index (χ3n) is 3.12. The Morgan fingerprint density at radius 3 is 2.64 bits per heavy atom. The summed E-state index contributed by atoms with van der Waals surface area (Å²) in [4.78, 5) is 0. The first-order valence-corrected chi connectivity index (χ1v) is 5.82. The summed E-state index contributed by atoms with van der Waals surface area (Å²) in [6, 6.07) is 0. The molecule has 0 aromatic carbocycles. The molecule has 1 N–H and O–H groups in total. The highest BCUT2D eigenvalue weighted by Crippen LogP contribution is 2.20. The molecule has 0 radical (unpaired) electrons. The van der Waals surface area contributed by atoms with E-state index in [1.54, 1.807) is 0 Å². The van der Waals surface area contributed by atoms with Crippen LogP contribution in [-0.4, -0.2) is 38.0 Å². The molecule has 14 heavy (non-hydrogen) atoms. The maximum atomic E-state index is 5.85. The van der Waals surface area contributed by atoms with Gasteiger partial charge in [-0.15, -0.1) is 0 Å². The fourth-order valence-corrected chi connectivity index (χ4v) is 2.21. The lowest BCUT2D eigenvalue weighted by Crippen LogP contribution is -2.34. The van der Waals surface area contributed by atoms with Crippen LogP contribution in [0.1, 0.15) is 32.6 Å². The third kappa shape index (κ3) is 2.94. The highest BCUT2D eigenvalue weighted by atomic mass is 16.5. The summed E-state index contributed by atoms with van der Waals surface area (Å²) < 4.78 is 11.6. The summed E-state index contributed by atoms with van der Waals surface area (Å²) in [5.41, 5.74) is 0. The Morgan fingerprint density at radius 2 is 2.00 bits per heavy atom. The number of hydrogen-bond donors (Lipinski definition) is 1. The first kappa shape index (κ1) is 10.4. The molecule has 2 heterocycles. The van der Waals surface area contributed by atoms with Gasteiger partial charge in [0.2, 0.25) is 0 Å². The van der Waals surface area contributed by atoms with Gasteiger partial charge in [0, 0.05) is 0 Å². The minimum Gasteiger partial charge on any atom is -0.375 e. The van der Waals surface area contributed by atoms with E-state index < -0.39 is 0 Å². The molecule has 3 heteroatoms. The van der Waals surface area contributed by atoms with Gasteiger partial charge in [0.15, 0.2) is 0 Å². The van der Waals surface area contributed by atoms with Crippen molar-refractivity contribution in [1.29, 1.82) is 0 Å². The summed E-state index contributed by atoms with van der Waals surface area (Å²) in [5, 5.41) is 3.34. The molecule has 2 rings (SSSR count). The average molecular weight is 199 g/mol. The molecule has 2 fully saturated rings. The number of piperidine rings is 1. The second-order valence-electron chi connectivity index (χ2n) is 4.43. The Kier molecular flexibility index (Phi) is 3.79. The van der Waals surface area contributed by atoms with Gasteiger partial charge in [0.1, 0.15) is 0 Å². The molecular weight excluding hydrogens is 178 g/mol. The first-order valence-electron chi connectivity index (χ1n) is 5.82. The van der Waals surface area contributed by atoms with Gasteiger partial charge in [0.25, 0.3) is 0 Å². The van der Waals surface area contributed by atoms with E-state index in [-0.39, 0.29) is 0 Å². The van der Waals surface area contributed by atoms with Crippen molar-refractivity contribution in [3.8, 4) is 0 Å². The van der Waals surface area contributed by atoms with Crippen molar-refractivity contribution in [2.75, 3.05) is 19.7 Å². The van der Waals surface area contributed by atoms with Gasteiger partial charge < -0.3 is 14.8 Å². The molecule has 0 bridgehead atoms. The van der Waals surface area contributed by atoms with Crippen molar-refractivity contribution in [1.82, 2.24) is 5.32 Å². The van der Waals surface area contributed by atoms with Gasteiger partial charge in [-0.1, -0.05) is 0 Å². The predicted molar refractivity (Wildman–Crippen MR) is 55.4 cm³/mol. The van der Waals surface area contributed by atoms with E-state index in [2.05, 4.69) is 12.2 Å². The van der Waals surface area contributed by atoms with E-state index in [0.717, 1.165) is 32.5 Å². The number of ether oxygens (including phenoxy) is 2. The Balaban J connectivity index is 1.61. The summed E-state index contributed by atoms with van der Waals surface area (Å²) >= 11 is 0. The van der Waals surface area contributed by atoms with E-state index in [1.807, 2.05) is 0 Å². The van der Waals surface area contributed by atoms with Gasteiger partial charge in [-0.3, -0.25) is 0 Å². The standard InChI is InChI=1S/C11H21NO2/c1-9-2-3-11(14-9)8-13-10-4-6-12-7-5-10/h9-12H,2-8H2,1H3. The van der Waals surface area contributed by atoms with Crippen LogP contribution in [0.3, 0.4) is 0 Å². The van der Waals surface area contributed by atoms with Gasteiger partial charge >= 0.3 is 0 Å². The monoisotopic (exact) mass is 199 g/mol. The third-order valence-corrected chi connectivity index (χ3v) is 3.12. The Bertz CT molecular complexity index is 164. The lowest BCUT2D eigenvalue weighted by Gasteiger charge is -2.24. The molecule has 0 amide bonds. The quantitative estimate of drug-likeness (QED) is 0.743. The Morgan fingerprint density at radius 1 is 1.21 bits per heavy atom. The average Bonchev–Trinajstić information content (AvgIpc) is 2.63. The maximum Gasteiger partial charge on any atom is 0.0813 e. The molecule has 2 aliphatic rings. The van der Waals surface area contributed by atoms with Crippen LogP contribution in [0.2, 0.25) is 0 Å². The summed E-state index contributed by atoms with van der Waals surface area (Å²) in [6.45, 7) is 5.15. The first-order chi connectivity index (χ1) is 6.84. The second-order valence-corrected chi connectivity index (χ2v) is 4.43. The zero-order valence-corrected chi connectivity index (χ0v) is 9.00. The van der Waals surface area contributed by atoms with Gasteiger partial charge in [-0.05, 0) is 45.7 Å². The minimum absolute atomic E-state index is 0.361. The maximum absolute atomic E-state index is 5.85. The number of hydrogen-bond acceptors (Lipinski definition) is 3. The molecule has 2 aliphatic heterocycles. The molecule has 82 valence electrons. The van der Waals surface area contributed by atoms with Crippen molar-refractivity contribution in [3.63, 3.8) is 0 Å². The van der Waals surface area contributed by atoms with Crippen molar-refractivity contribution >= 4 is 0 Å². The molecule has 3 nitrogen and oxygen atoms in total. The van der Waals surface area contributed by atoms with E-state index >= 15 is 0 Å². The van der Waals surface area contributed by atoms with Crippen LogP contribution >= 0.6 is 0 Å². The van der Waals surface area contributed by atoms with Crippen molar-refractivity contribution in [3.05, 3.63) is 0 Å². The van der Waals surface area contributed by atoms with E-state index in [0.29, 0.717) is 18.3 Å². The smallest absolute Gasteiger partial charge is 0.0813 e. The number of rotatable bonds is 3. The van der Waals surface area contributed by atoms with Crippen LogP contribution < -0.4 is 5.32 Å². The van der Waals surface area contributed by atoms with Crippen molar-refractivity contribution < 1.29 is 9.47 Å². The lowest BCUT2D eigenvalue weighted by molar-refractivity contribution is -0.0450.